The zero-order chi connectivity index (χ0) is 15.2. The first-order valence-corrected chi connectivity index (χ1v) is 7.28. The molecule has 6 nitrogen and oxygen atoms in total. The van der Waals surface area contributed by atoms with Gasteiger partial charge < -0.3 is 10.2 Å². The van der Waals surface area contributed by atoms with Crippen molar-refractivity contribution in [2.24, 2.45) is 0 Å². The number of hydrogen-bond acceptors (Lipinski definition) is 4. The predicted molar refractivity (Wildman–Crippen MR) is 80.1 cm³/mol. The maximum atomic E-state index is 12.2. The van der Waals surface area contributed by atoms with E-state index < -0.39 is 4.92 Å². The van der Waals surface area contributed by atoms with E-state index in [0.717, 1.165) is 31.5 Å². The quantitative estimate of drug-likeness (QED) is 0.662. The monoisotopic (exact) mass is 291 g/mol. The second kappa shape index (κ2) is 7.17. The Morgan fingerprint density at radius 2 is 2.33 bits per heavy atom. The Bertz CT molecular complexity index is 519. The number of nitrogens with zero attached hydrogens (tertiary/aromatic N) is 2. The number of hydrogen-bond donors (Lipinski definition) is 1. The van der Waals surface area contributed by atoms with Gasteiger partial charge in [0.15, 0.2) is 0 Å². The minimum atomic E-state index is -0.409. The fourth-order valence-corrected chi connectivity index (χ4v) is 2.67. The maximum absolute atomic E-state index is 12.2. The van der Waals surface area contributed by atoms with Crippen LogP contribution < -0.4 is 5.32 Å². The number of nitro groups is 1. The first-order valence-electron chi connectivity index (χ1n) is 7.28. The Hall–Kier alpha value is -1.95. The van der Waals surface area contributed by atoms with Gasteiger partial charge in [0.05, 0.1) is 4.92 Å². The lowest BCUT2D eigenvalue weighted by Gasteiger charge is -2.32. The number of nitrogens with one attached hydrogen (secondary N) is 1. The van der Waals surface area contributed by atoms with Crippen molar-refractivity contribution in [3.05, 3.63) is 39.9 Å². The smallest absolute Gasteiger partial charge is 0.269 e. The highest BCUT2D eigenvalue weighted by Crippen LogP contribution is 2.16. The molecule has 1 aromatic carbocycles. The van der Waals surface area contributed by atoms with Crippen LogP contribution in [-0.4, -0.2) is 41.9 Å². The molecule has 2 rings (SSSR count). The van der Waals surface area contributed by atoms with E-state index in [-0.39, 0.29) is 11.6 Å². The molecular weight excluding hydrogens is 270 g/mol. The van der Waals surface area contributed by atoms with Crippen LogP contribution in [-0.2, 0) is 11.2 Å². The largest absolute Gasteiger partial charge is 0.341 e. The van der Waals surface area contributed by atoms with Crippen molar-refractivity contribution in [1.29, 1.82) is 0 Å². The molecule has 1 saturated heterocycles. The first-order chi connectivity index (χ1) is 10.1. The lowest BCUT2D eigenvalue weighted by Crippen LogP contribution is -2.47. The average molecular weight is 291 g/mol. The number of nitro benzene ring substituents is 1. The molecule has 114 valence electrons. The number of rotatable bonds is 5. The van der Waals surface area contributed by atoms with Gasteiger partial charge in [-0.05, 0) is 31.9 Å². The molecule has 0 saturated carbocycles. The molecule has 1 atom stereocenters. The lowest BCUT2D eigenvalue weighted by molar-refractivity contribution is -0.384. The van der Waals surface area contributed by atoms with Gasteiger partial charge in [0, 0.05) is 37.7 Å². The van der Waals surface area contributed by atoms with Crippen LogP contribution in [0.2, 0.25) is 0 Å². The summed E-state index contributed by atoms with van der Waals surface area (Å²) < 4.78 is 0. The number of carbonyl (C=O) groups excluding carboxylic acids is 1. The minimum absolute atomic E-state index is 0.0770. The summed E-state index contributed by atoms with van der Waals surface area (Å²) in [4.78, 5) is 24.4. The Kier molecular flexibility index (Phi) is 5.27. The number of likely N-dealkylation sites (N-methyl/N-ethyl adjacent to an activating group) is 1. The molecule has 1 fully saturated rings. The number of amides is 1. The van der Waals surface area contributed by atoms with Crippen molar-refractivity contribution < 1.29 is 9.72 Å². The molecule has 0 spiro atoms. The zero-order valence-electron chi connectivity index (χ0n) is 12.2. The summed E-state index contributed by atoms with van der Waals surface area (Å²) in [5.41, 5.74) is 0.910. The number of piperidine rings is 1. The number of likely N-dealkylation sites (tertiary alicyclic amines) is 1. The molecule has 1 aliphatic heterocycles. The van der Waals surface area contributed by atoms with Crippen LogP contribution in [0, 0.1) is 10.1 Å². The highest BCUT2D eigenvalue weighted by Gasteiger charge is 2.22. The minimum Gasteiger partial charge on any atom is -0.341 e. The van der Waals surface area contributed by atoms with E-state index in [4.69, 9.17) is 0 Å². The number of non-ortho nitro benzene ring substituents is 1. The molecule has 1 amide bonds. The molecule has 6 heteroatoms. The lowest BCUT2D eigenvalue weighted by atomic mass is 10.0. The molecule has 1 heterocycles. The van der Waals surface area contributed by atoms with Gasteiger partial charge in [-0.1, -0.05) is 12.1 Å². The van der Waals surface area contributed by atoms with Crippen LogP contribution in [0.15, 0.2) is 24.3 Å². The highest BCUT2D eigenvalue weighted by molar-refractivity contribution is 5.76. The standard InChI is InChI=1S/C15H21N3O3/c1-16-13-5-3-9-17(11-13)15(19)8-7-12-4-2-6-14(10-12)18(20)21/h2,4,6,10,13,16H,3,5,7-9,11H2,1H3. The van der Waals surface area contributed by atoms with Crippen LogP contribution in [0.25, 0.3) is 0 Å². The third kappa shape index (κ3) is 4.26. The van der Waals surface area contributed by atoms with Crippen LogP contribution in [0.3, 0.4) is 0 Å². The fourth-order valence-electron chi connectivity index (χ4n) is 2.67. The van der Waals surface area contributed by atoms with Crippen LogP contribution in [0.1, 0.15) is 24.8 Å². The number of aryl methyl sites for hydroxylation is 1. The summed E-state index contributed by atoms with van der Waals surface area (Å²) in [6.45, 7) is 1.57. The molecular formula is C15H21N3O3. The van der Waals surface area contributed by atoms with Crippen molar-refractivity contribution in [2.75, 3.05) is 20.1 Å². The van der Waals surface area contributed by atoms with E-state index in [1.807, 2.05) is 18.0 Å². The zero-order valence-corrected chi connectivity index (χ0v) is 12.2. The number of benzene rings is 1. The summed E-state index contributed by atoms with van der Waals surface area (Å²) in [5, 5.41) is 13.9. The normalized spacial score (nSPS) is 18.5. The van der Waals surface area contributed by atoms with E-state index in [9.17, 15) is 14.9 Å². The van der Waals surface area contributed by atoms with E-state index in [1.165, 1.54) is 6.07 Å². The second-order valence-electron chi connectivity index (χ2n) is 5.39. The topological polar surface area (TPSA) is 75.5 Å². The van der Waals surface area contributed by atoms with E-state index in [2.05, 4.69) is 5.32 Å². The van der Waals surface area contributed by atoms with Crippen LogP contribution in [0.4, 0.5) is 5.69 Å². The van der Waals surface area contributed by atoms with Gasteiger partial charge >= 0.3 is 0 Å². The van der Waals surface area contributed by atoms with Crippen molar-refractivity contribution in [1.82, 2.24) is 10.2 Å². The number of carbonyl (C=O) groups is 1. The van der Waals surface area contributed by atoms with E-state index >= 15 is 0 Å². The predicted octanol–water partition coefficient (Wildman–Crippen LogP) is 1.74. The van der Waals surface area contributed by atoms with E-state index in [1.54, 1.807) is 12.1 Å². The molecule has 0 bridgehead atoms. The van der Waals surface area contributed by atoms with Gasteiger partial charge in [-0.2, -0.15) is 0 Å². The molecule has 1 N–H and O–H groups in total. The Morgan fingerprint density at radius 3 is 3.05 bits per heavy atom. The van der Waals surface area contributed by atoms with Gasteiger partial charge in [0.2, 0.25) is 5.91 Å². The maximum Gasteiger partial charge on any atom is 0.269 e. The Labute approximate surface area is 124 Å². The SMILES string of the molecule is CNC1CCCN(C(=O)CCc2cccc([N+](=O)[O-])c2)C1. The molecule has 1 aromatic rings. The van der Waals surface area contributed by atoms with Crippen molar-refractivity contribution in [3.63, 3.8) is 0 Å². The van der Waals surface area contributed by atoms with Gasteiger partial charge in [0.25, 0.3) is 5.69 Å². The molecule has 0 radical (unpaired) electrons. The molecule has 0 aliphatic carbocycles. The highest BCUT2D eigenvalue weighted by atomic mass is 16.6. The molecule has 1 aliphatic rings. The van der Waals surface area contributed by atoms with Gasteiger partial charge in [-0.25, -0.2) is 0 Å². The summed E-state index contributed by atoms with van der Waals surface area (Å²) in [6, 6.07) is 6.87. The molecule has 1 unspecified atom stereocenters. The fraction of sp³-hybridized carbons (Fsp3) is 0.533. The average Bonchev–Trinajstić information content (AvgIpc) is 2.53. The van der Waals surface area contributed by atoms with Gasteiger partial charge in [0.1, 0.15) is 0 Å². The summed E-state index contributed by atoms with van der Waals surface area (Å²) in [5.74, 6) is 0.126. The second-order valence-corrected chi connectivity index (χ2v) is 5.39. The van der Waals surface area contributed by atoms with Crippen molar-refractivity contribution in [3.8, 4) is 0 Å². The first kappa shape index (κ1) is 15.4. The third-order valence-corrected chi connectivity index (χ3v) is 3.93. The van der Waals surface area contributed by atoms with E-state index in [0.29, 0.717) is 18.9 Å². The Balaban J connectivity index is 1.89. The third-order valence-electron chi connectivity index (χ3n) is 3.93. The summed E-state index contributed by atoms with van der Waals surface area (Å²) in [6.07, 6.45) is 3.07. The van der Waals surface area contributed by atoms with Crippen LogP contribution >= 0.6 is 0 Å². The van der Waals surface area contributed by atoms with Crippen LogP contribution in [0.5, 0.6) is 0 Å². The molecule has 21 heavy (non-hydrogen) atoms. The van der Waals surface area contributed by atoms with Crippen molar-refractivity contribution in [2.45, 2.75) is 31.7 Å². The Morgan fingerprint density at radius 1 is 1.52 bits per heavy atom. The summed E-state index contributed by atoms with van der Waals surface area (Å²) in [7, 11) is 1.92. The molecule has 0 aromatic heterocycles. The summed E-state index contributed by atoms with van der Waals surface area (Å²) >= 11 is 0. The van der Waals surface area contributed by atoms with Gasteiger partial charge in [-0.15, -0.1) is 0 Å². The van der Waals surface area contributed by atoms with Gasteiger partial charge in [-0.3, -0.25) is 14.9 Å². The van der Waals surface area contributed by atoms with Crippen molar-refractivity contribution >= 4 is 11.6 Å².